The summed E-state index contributed by atoms with van der Waals surface area (Å²) in [7, 11) is 0. The highest BCUT2D eigenvalue weighted by Gasteiger charge is 2.24. The van der Waals surface area contributed by atoms with Crippen LogP contribution in [0.1, 0.15) is 30.0 Å². The van der Waals surface area contributed by atoms with Gasteiger partial charge in [-0.05, 0) is 18.9 Å². The molecule has 0 bridgehead atoms. The van der Waals surface area contributed by atoms with Crippen LogP contribution in [0.3, 0.4) is 0 Å². The molecule has 3 nitrogen and oxygen atoms in total. The summed E-state index contributed by atoms with van der Waals surface area (Å²) in [5.41, 5.74) is 8.19. The van der Waals surface area contributed by atoms with Crippen LogP contribution >= 0.6 is 0 Å². The van der Waals surface area contributed by atoms with E-state index in [0.29, 0.717) is 6.42 Å². The first-order chi connectivity index (χ1) is 7.15. The second kappa shape index (κ2) is 4.03. The summed E-state index contributed by atoms with van der Waals surface area (Å²) < 4.78 is 0. The van der Waals surface area contributed by atoms with Gasteiger partial charge in [0.05, 0.1) is 6.04 Å². The van der Waals surface area contributed by atoms with Gasteiger partial charge in [0.2, 0.25) is 5.91 Å². The first kappa shape index (κ1) is 10.2. The molecule has 1 aliphatic rings. The van der Waals surface area contributed by atoms with E-state index >= 15 is 0 Å². The van der Waals surface area contributed by atoms with Gasteiger partial charge in [0.15, 0.2) is 0 Å². The van der Waals surface area contributed by atoms with Gasteiger partial charge >= 0.3 is 0 Å². The van der Waals surface area contributed by atoms with Gasteiger partial charge in [-0.3, -0.25) is 4.79 Å². The van der Waals surface area contributed by atoms with Gasteiger partial charge in [-0.15, -0.1) is 0 Å². The maximum atomic E-state index is 11.4. The van der Waals surface area contributed by atoms with E-state index in [1.165, 1.54) is 5.56 Å². The molecule has 1 aromatic carbocycles. The molecule has 0 aliphatic carbocycles. The van der Waals surface area contributed by atoms with E-state index in [-0.39, 0.29) is 18.0 Å². The van der Waals surface area contributed by atoms with Crippen LogP contribution in [-0.4, -0.2) is 11.9 Å². The van der Waals surface area contributed by atoms with Crippen molar-refractivity contribution in [1.29, 1.82) is 0 Å². The molecule has 2 atom stereocenters. The zero-order valence-corrected chi connectivity index (χ0v) is 8.86. The number of hydrogen-bond acceptors (Lipinski definition) is 2. The van der Waals surface area contributed by atoms with Gasteiger partial charge in [0, 0.05) is 12.5 Å². The lowest BCUT2D eigenvalue weighted by Crippen LogP contribution is -2.42. The molecule has 2 rings (SSSR count). The second-order valence-corrected chi connectivity index (χ2v) is 4.23. The number of amides is 1. The molecule has 1 aromatic rings. The van der Waals surface area contributed by atoms with E-state index in [1.807, 2.05) is 25.1 Å². The normalized spacial score (nSPS) is 26.1. The van der Waals surface area contributed by atoms with Crippen LogP contribution < -0.4 is 11.1 Å². The van der Waals surface area contributed by atoms with Crippen LogP contribution in [0.5, 0.6) is 0 Å². The van der Waals surface area contributed by atoms with Crippen molar-refractivity contribution in [1.82, 2.24) is 5.32 Å². The highest BCUT2D eigenvalue weighted by atomic mass is 16.1. The molecule has 1 amide bonds. The maximum Gasteiger partial charge on any atom is 0.222 e. The van der Waals surface area contributed by atoms with Crippen molar-refractivity contribution in [2.45, 2.75) is 31.8 Å². The zero-order chi connectivity index (χ0) is 10.8. The fourth-order valence-electron chi connectivity index (χ4n) is 2.04. The molecule has 0 radical (unpaired) electrons. The number of rotatable bonds is 1. The van der Waals surface area contributed by atoms with Crippen molar-refractivity contribution in [2.75, 3.05) is 0 Å². The Balaban J connectivity index is 2.19. The Kier molecular flexibility index (Phi) is 2.73. The number of hydrogen-bond donors (Lipinski definition) is 2. The van der Waals surface area contributed by atoms with E-state index in [2.05, 4.69) is 11.4 Å². The van der Waals surface area contributed by atoms with Gasteiger partial charge in [-0.1, -0.05) is 29.8 Å². The molecule has 1 saturated heterocycles. The van der Waals surface area contributed by atoms with Crippen molar-refractivity contribution >= 4 is 5.91 Å². The van der Waals surface area contributed by atoms with Crippen molar-refractivity contribution in [3.8, 4) is 0 Å². The number of nitrogens with two attached hydrogens (primary N) is 1. The molecule has 0 spiro atoms. The van der Waals surface area contributed by atoms with E-state index in [9.17, 15) is 4.79 Å². The minimum absolute atomic E-state index is 0.00994. The van der Waals surface area contributed by atoms with Crippen molar-refractivity contribution in [3.05, 3.63) is 35.4 Å². The lowest BCUT2D eigenvalue weighted by Gasteiger charge is -2.28. The minimum atomic E-state index is -0.00994. The molecular weight excluding hydrogens is 188 g/mol. The lowest BCUT2D eigenvalue weighted by atomic mass is 9.93. The van der Waals surface area contributed by atoms with Crippen LogP contribution in [0, 0.1) is 6.92 Å². The molecular formula is C12H16N2O. The molecule has 80 valence electrons. The Morgan fingerprint density at radius 2 is 2.27 bits per heavy atom. The van der Waals surface area contributed by atoms with E-state index in [1.54, 1.807) is 0 Å². The number of piperidine rings is 1. The van der Waals surface area contributed by atoms with Gasteiger partial charge in [0.25, 0.3) is 0 Å². The number of nitrogens with one attached hydrogen (secondary N) is 1. The van der Waals surface area contributed by atoms with E-state index in [0.717, 1.165) is 12.0 Å². The maximum absolute atomic E-state index is 11.4. The van der Waals surface area contributed by atoms with Crippen LogP contribution in [-0.2, 0) is 4.79 Å². The number of carbonyl (C=O) groups is 1. The molecule has 1 fully saturated rings. The monoisotopic (exact) mass is 204 g/mol. The smallest absolute Gasteiger partial charge is 0.222 e. The Morgan fingerprint density at radius 1 is 1.47 bits per heavy atom. The largest absolute Gasteiger partial charge is 0.349 e. The standard InChI is InChI=1S/C12H16N2O/c1-8-3-2-4-9(5-8)11-6-10(13)7-12(15)14-11/h2-5,10-11H,6-7,13H2,1H3,(H,14,15). The van der Waals surface area contributed by atoms with Crippen LogP contribution in [0.25, 0.3) is 0 Å². The SMILES string of the molecule is Cc1cccc(C2CC(N)CC(=O)N2)c1. The molecule has 15 heavy (non-hydrogen) atoms. The quantitative estimate of drug-likeness (QED) is 0.724. The first-order valence-electron chi connectivity index (χ1n) is 5.26. The summed E-state index contributed by atoms with van der Waals surface area (Å²) in [5, 5.41) is 2.97. The summed E-state index contributed by atoms with van der Waals surface area (Å²) in [6.45, 7) is 2.05. The number of carbonyl (C=O) groups excluding carboxylic acids is 1. The van der Waals surface area contributed by atoms with Crippen LogP contribution in [0.2, 0.25) is 0 Å². The molecule has 1 aliphatic heterocycles. The van der Waals surface area contributed by atoms with E-state index < -0.39 is 0 Å². The summed E-state index contributed by atoms with van der Waals surface area (Å²) >= 11 is 0. The molecule has 3 N–H and O–H groups in total. The highest BCUT2D eigenvalue weighted by molar-refractivity contribution is 5.78. The predicted molar refractivity (Wildman–Crippen MR) is 59.3 cm³/mol. The lowest BCUT2D eigenvalue weighted by molar-refractivity contribution is -0.123. The molecule has 0 aromatic heterocycles. The first-order valence-corrected chi connectivity index (χ1v) is 5.26. The molecule has 0 saturated carbocycles. The van der Waals surface area contributed by atoms with Crippen molar-refractivity contribution in [2.24, 2.45) is 5.73 Å². The Morgan fingerprint density at radius 3 is 2.93 bits per heavy atom. The Bertz CT molecular complexity index is 376. The molecule has 2 unspecified atom stereocenters. The van der Waals surface area contributed by atoms with Crippen molar-refractivity contribution in [3.63, 3.8) is 0 Å². The second-order valence-electron chi connectivity index (χ2n) is 4.23. The molecule has 3 heteroatoms. The molecule has 1 heterocycles. The average Bonchev–Trinajstić information content (AvgIpc) is 2.16. The zero-order valence-electron chi connectivity index (χ0n) is 8.86. The summed E-state index contributed by atoms with van der Waals surface area (Å²) in [5.74, 6) is 0.0558. The van der Waals surface area contributed by atoms with Gasteiger partial charge < -0.3 is 11.1 Å². The Hall–Kier alpha value is -1.35. The average molecular weight is 204 g/mol. The third-order valence-electron chi connectivity index (χ3n) is 2.77. The third-order valence-corrected chi connectivity index (χ3v) is 2.77. The van der Waals surface area contributed by atoms with Crippen molar-refractivity contribution < 1.29 is 4.79 Å². The predicted octanol–water partition coefficient (Wildman–Crippen LogP) is 1.27. The number of benzene rings is 1. The van der Waals surface area contributed by atoms with Crippen LogP contribution in [0.4, 0.5) is 0 Å². The van der Waals surface area contributed by atoms with E-state index in [4.69, 9.17) is 5.73 Å². The van der Waals surface area contributed by atoms with Gasteiger partial charge in [-0.25, -0.2) is 0 Å². The summed E-state index contributed by atoms with van der Waals surface area (Å²) in [6, 6.07) is 8.27. The van der Waals surface area contributed by atoms with Gasteiger partial charge in [0.1, 0.15) is 0 Å². The number of aryl methyl sites for hydroxylation is 1. The Labute approximate surface area is 89.7 Å². The fourth-order valence-corrected chi connectivity index (χ4v) is 2.04. The topological polar surface area (TPSA) is 55.1 Å². The fraction of sp³-hybridized carbons (Fsp3) is 0.417. The minimum Gasteiger partial charge on any atom is -0.349 e. The highest BCUT2D eigenvalue weighted by Crippen LogP contribution is 2.23. The van der Waals surface area contributed by atoms with Crippen LogP contribution in [0.15, 0.2) is 24.3 Å². The summed E-state index contributed by atoms with van der Waals surface area (Å²) in [4.78, 5) is 11.4. The third kappa shape index (κ3) is 2.36. The van der Waals surface area contributed by atoms with Gasteiger partial charge in [-0.2, -0.15) is 0 Å². The summed E-state index contributed by atoms with van der Waals surface area (Å²) in [6.07, 6.45) is 1.28.